The second-order valence-corrected chi connectivity index (χ2v) is 4.16. The van der Waals surface area contributed by atoms with Gasteiger partial charge < -0.3 is 30.2 Å². The van der Waals surface area contributed by atoms with Gasteiger partial charge in [-0.3, -0.25) is 9.32 Å². The molecule has 0 rings (SSSR count). The molecular weight excluding hydrogens is 247 g/mol. The summed E-state index contributed by atoms with van der Waals surface area (Å²) in [6.45, 7) is -2.01. The van der Waals surface area contributed by atoms with Gasteiger partial charge in [-0.25, -0.2) is 4.57 Å². The number of phosphoric acid groups is 1. The molecule has 0 aliphatic rings. The van der Waals surface area contributed by atoms with Crippen molar-refractivity contribution >= 4 is 13.6 Å². The summed E-state index contributed by atoms with van der Waals surface area (Å²) in [5, 5.41) is 35.4. The van der Waals surface area contributed by atoms with Gasteiger partial charge in [0.25, 0.3) is 0 Å². The van der Waals surface area contributed by atoms with Gasteiger partial charge in [0.05, 0.1) is 6.61 Å². The third kappa shape index (κ3) is 5.64. The van der Waals surface area contributed by atoms with Crippen molar-refractivity contribution in [2.45, 2.75) is 18.3 Å². The van der Waals surface area contributed by atoms with E-state index in [4.69, 9.17) is 30.2 Å². The van der Waals surface area contributed by atoms with Crippen molar-refractivity contribution in [3.05, 3.63) is 0 Å². The lowest BCUT2D eigenvalue weighted by molar-refractivity contribution is -0.142. The first kappa shape index (κ1) is 15.6. The zero-order valence-electron chi connectivity index (χ0n) is 8.00. The lowest BCUT2D eigenvalue weighted by Gasteiger charge is -2.20. The SMILES string of the molecule is O=C(COP(=O)(O)O)[C@H](O)[C@H](O)[C@H](O)CO. The second-order valence-electron chi connectivity index (χ2n) is 2.92. The lowest BCUT2D eigenvalue weighted by Crippen LogP contribution is -2.45. The van der Waals surface area contributed by atoms with E-state index in [1.165, 1.54) is 0 Å². The third-order valence-electron chi connectivity index (χ3n) is 1.61. The Hall–Kier alpha value is -0.380. The Kier molecular flexibility index (Phi) is 6.23. The van der Waals surface area contributed by atoms with Crippen LogP contribution in [-0.2, 0) is 13.9 Å². The van der Waals surface area contributed by atoms with Crippen LogP contribution in [0.1, 0.15) is 0 Å². The Morgan fingerprint density at radius 1 is 1.25 bits per heavy atom. The highest BCUT2D eigenvalue weighted by molar-refractivity contribution is 7.46. The fourth-order valence-corrected chi connectivity index (χ4v) is 1.04. The van der Waals surface area contributed by atoms with Gasteiger partial charge in [-0.05, 0) is 0 Å². The number of ketones is 1. The van der Waals surface area contributed by atoms with Crippen molar-refractivity contribution in [3.8, 4) is 0 Å². The summed E-state index contributed by atoms with van der Waals surface area (Å²) in [6.07, 6.45) is -5.81. The van der Waals surface area contributed by atoms with E-state index in [-0.39, 0.29) is 0 Å². The van der Waals surface area contributed by atoms with Crippen LogP contribution >= 0.6 is 7.82 Å². The number of hydrogen-bond donors (Lipinski definition) is 6. The molecule has 0 spiro atoms. The Morgan fingerprint density at radius 3 is 2.12 bits per heavy atom. The van der Waals surface area contributed by atoms with Crippen LogP contribution in [0.4, 0.5) is 0 Å². The first-order valence-corrected chi connectivity index (χ1v) is 5.60. The molecule has 0 amide bonds. The minimum atomic E-state index is -4.85. The highest BCUT2D eigenvalue weighted by Gasteiger charge is 2.31. The van der Waals surface area contributed by atoms with E-state index >= 15 is 0 Å². The topological polar surface area (TPSA) is 165 Å². The molecule has 10 heteroatoms. The van der Waals surface area contributed by atoms with Crippen LogP contribution in [0.5, 0.6) is 0 Å². The zero-order valence-corrected chi connectivity index (χ0v) is 8.90. The largest absolute Gasteiger partial charge is 0.470 e. The van der Waals surface area contributed by atoms with E-state index in [1.807, 2.05) is 0 Å². The Labute approximate surface area is 90.2 Å². The summed E-state index contributed by atoms with van der Waals surface area (Å²) in [4.78, 5) is 27.5. The third-order valence-corrected chi connectivity index (χ3v) is 2.08. The normalized spacial score (nSPS) is 17.9. The smallest absolute Gasteiger partial charge is 0.394 e. The Bertz CT molecular complexity index is 273. The van der Waals surface area contributed by atoms with Gasteiger partial charge in [0.1, 0.15) is 24.9 Å². The molecule has 3 atom stereocenters. The molecule has 0 aromatic carbocycles. The average Bonchev–Trinajstić information content (AvgIpc) is 2.21. The molecule has 9 nitrogen and oxygen atoms in total. The van der Waals surface area contributed by atoms with Crippen LogP contribution in [0.3, 0.4) is 0 Å². The van der Waals surface area contributed by atoms with E-state index < -0.39 is 45.1 Å². The maximum Gasteiger partial charge on any atom is 0.470 e. The first-order valence-electron chi connectivity index (χ1n) is 4.07. The Balaban J connectivity index is 4.23. The summed E-state index contributed by atoms with van der Waals surface area (Å²) >= 11 is 0. The van der Waals surface area contributed by atoms with Crippen molar-refractivity contribution in [3.63, 3.8) is 0 Å². The maximum atomic E-state index is 11.0. The van der Waals surface area contributed by atoms with E-state index in [2.05, 4.69) is 4.52 Å². The van der Waals surface area contributed by atoms with Gasteiger partial charge in [-0.1, -0.05) is 0 Å². The van der Waals surface area contributed by atoms with Crippen LogP contribution in [0.25, 0.3) is 0 Å². The Morgan fingerprint density at radius 2 is 1.75 bits per heavy atom. The summed E-state index contributed by atoms with van der Waals surface area (Å²) < 4.78 is 14.0. The molecule has 0 bridgehead atoms. The number of carbonyl (C=O) groups excluding carboxylic acids is 1. The van der Waals surface area contributed by atoms with Crippen molar-refractivity contribution in [2.24, 2.45) is 0 Å². The molecule has 16 heavy (non-hydrogen) atoms. The lowest BCUT2D eigenvalue weighted by atomic mass is 10.1. The highest BCUT2D eigenvalue weighted by Crippen LogP contribution is 2.35. The van der Waals surface area contributed by atoms with E-state index in [9.17, 15) is 9.36 Å². The molecule has 0 saturated carbocycles. The summed E-state index contributed by atoms with van der Waals surface area (Å²) in [7, 11) is -4.85. The number of aliphatic hydroxyl groups is 4. The minimum Gasteiger partial charge on any atom is -0.394 e. The van der Waals surface area contributed by atoms with E-state index in [0.717, 1.165) is 0 Å². The molecule has 0 saturated heterocycles. The predicted molar refractivity (Wildman–Crippen MR) is 48.1 cm³/mol. The summed E-state index contributed by atoms with van der Waals surface area (Å²) in [5.74, 6) is -1.23. The molecule has 0 aliphatic heterocycles. The average molecular weight is 260 g/mol. The summed E-state index contributed by atoms with van der Waals surface area (Å²) in [5.41, 5.74) is 0. The molecule has 6 N–H and O–H groups in total. The monoisotopic (exact) mass is 260 g/mol. The van der Waals surface area contributed by atoms with Crippen molar-refractivity contribution in [2.75, 3.05) is 13.2 Å². The quantitative estimate of drug-likeness (QED) is 0.258. The van der Waals surface area contributed by atoms with Gasteiger partial charge in [0, 0.05) is 0 Å². The number of phosphoric ester groups is 1. The summed E-state index contributed by atoms with van der Waals surface area (Å²) in [6, 6.07) is 0. The molecule has 0 aliphatic carbocycles. The van der Waals surface area contributed by atoms with Crippen LogP contribution in [0.15, 0.2) is 0 Å². The molecule has 0 aromatic heterocycles. The van der Waals surface area contributed by atoms with Crippen LogP contribution in [-0.4, -0.2) is 67.5 Å². The van der Waals surface area contributed by atoms with Crippen molar-refractivity contribution in [1.82, 2.24) is 0 Å². The van der Waals surface area contributed by atoms with Crippen molar-refractivity contribution in [1.29, 1.82) is 0 Å². The number of carbonyl (C=O) groups is 1. The molecule has 0 fully saturated rings. The molecule has 0 unspecified atom stereocenters. The highest BCUT2D eigenvalue weighted by atomic mass is 31.2. The molecule has 0 heterocycles. The van der Waals surface area contributed by atoms with Gasteiger partial charge in [0.2, 0.25) is 0 Å². The van der Waals surface area contributed by atoms with Crippen molar-refractivity contribution < 1.29 is 44.1 Å². The molecule has 0 radical (unpaired) electrons. The van der Waals surface area contributed by atoms with Crippen LogP contribution < -0.4 is 0 Å². The van der Waals surface area contributed by atoms with E-state index in [1.54, 1.807) is 0 Å². The maximum absolute atomic E-state index is 11.0. The first-order chi connectivity index (χ1) is 7.19. The second kappa shape index (κ2) is 6.38. The number of Topliss-reactive ketones (excluding diaryl/α,β-unsaturated/α-hetero) is 1. The fourth-order valence-electron chi connectivity index (χ4n) is 0.742. The zero-order chi connectivity index (χ0) is 12.9. The fraction of sp³-hybridized carbons (Fsp3) is 0.833. The number of rotatable bonds is 7. The van der Waals surface area contributed by atoms with Crippen LogP contribution in [0.2, 0.25) is 0 Å². The van der Waals surface area contributed by atoms with E-state index in [0.29, 0.717) is 0 Å². The van der Waals surface area contributed by atoms with Crippen LogP contribution in [0, 0.1) is 0 Å². The van der Waals surface area contributed by atoms with Gasteiger partial charge in [-0.2, -0.15) is 0 Å². The molecule has 0 aromatic rings. The van der Waals surface area contributed by atoms with Gasteiger partial charge in [0.15, 0.2) is 5.78 Å². The number of hydrogen-bond acceptors (Lipinski definition) is 7. The minimum absolute atomic E-state index is 0.884. The predicted octanol–water partition coefficient (Wildman–Crippen LogP) is -3.26. The van der Waals surface area contributed by atoms with Gasteiger partial charge >= 0.3 is 7.82 Å². The number of aliphatic hydroxyl groups excluding tert-OH is 4. The van der Waals surface area contributed by atoms with Gasteiger partial charge in [-0.15, -0.1) is 0 Å². The standard InChI is InChI=1S/C6H13O9P/c7-1-3(8)5(10)6(11)4(9)2-15-16(12,13)14/h3,5-8,10-11H,1-2H2,(H2,12,13,14)/t3-,5-,6+/m1/s1. The molecule has 96 valence electrons. The molecular formula is C6H13O9P.